The van der Waals surface area contributed by atoms with E-state index in [0.29, 0.717) is 6.54 Å². The van der Waals surface area contributed by atoms with Crippen LogP contribution in [-0.4, -0.2) is 42.1 Å². The Morgan fingerprint density at radius 3 is 3.15 bits per heavy atom. The summed E-state index contributed by atoms with van der Waals surface area (Å²) >= 11 is 0. The molecule has 0 aliphatic carbocycles. The van der Waals surface area contributed by atoms with Crippen LogP contribution in [0, 0.1) is 0 Å². The number of methoxy groups -OCH3 is 1. The fourth-order valence-corrected chi connectivity index (χ4v) is 2.55. The number of rotatable bonds is 6. The number of anilines is 1. The summed E-state index contributed by atoms with van der Waals surface area (Å²) in [4.78, 5) is 18.5. The van der Waals surface area contributed by atoms with E-state index in [2.05, 4.69) is 22.1 Å². The predicted molar refractivity (Wildman–Crippen MR) is 78.5 cm³/mol. The van der Waals surface area contributed by atoms with Gasteiger partial charge in [-0.05, 0) is 37.9 Å². The highest BCUT2D eigenvalue weighted by Crippen LogP contribution is 2.20. The van der Waals surface area contributed by atoms with Crippen LogP contribution in [0.2, 0.25) is 0 Å². The maximum atomic E-state index is 11.7. The maximum absolute atomic E-state index is 11.7. The summed E-state index contributed by atoms with van der Waals surface area (Å²) in [5.41, 5.74) is 0.988. The van der Waals surface area contributed by atoms with Crippen molar-refractivity contribution in [1.82, 2.24) is 9.88 Å². The Labute approximate surface area is 120 Å². The fraction of sp³-hybridized carbons (Fsp3) is 0.600. The van der Waals surface area contributed by atoms with Crippen LogP contribution < -0.4 is 5.32 Å². The van der Waals surface area contributed by atoms with Gasteiger partial charge in [0.1, 0.15) is 11.9 Å². The van der Waals surface area contributed by atoms with Gasteiger partial charge in [0.05, 0.1) is 12.8 Å². The summed E-state index contributed by atoms with van der Waals surface area (Å²) in [6, 6.07) is 5.86. The average molecular weight is 277 g/mol. The van der Waals surface area contributed by atoms with Crippen molar-refractivity contribution < 1.29 is 9.53 Å². The molecule has 1 N–H and O–H groups in total. The molecule has 5 heteroatoms. The molecular weight excluding hydrogens is 254 g/mol. The molecular formula is C15H23N3O2. The summed E-state index contributed by atoms with van der Waals surface area (Å²) in [6.45, 7) is 4.67. The number of ether oxygens (including phenoxy) is 1. The molecule has 1 fully saturated rings. The van der Waals surface area contributed by atoms with Gasteiger partial charge in [-0.2, -0.15) is 0 Å². The number of likely N-dealkylation sites (tertiary alicyclic amines) is 1. The largest absolute Gasteiger partial charge is 0.468 e. The van der Waals surface area contributed by atoms with Gasteiger partial charge in [0.25, 0.3) is 0 Å². The lowest BCUT2D eigenvalue weighted by Crippen LogP contribution is -2.36. The van der Waals surface area contributed by atoms with Crippen molar-refractivity contribution >= 4 is 11.8 Å². The van der Waals surface area contributed by atoms with Gasteiger partial charge < -0.3 is 10.1 Å². The van der Waals surface area contributed by atoms with Gasteiger partial charge in [0.2, 0.25) is 0 Å². The number of carbonyl (C=O) groups excluding carboxylic acids is 1. The maximum Gasteiger partial charge on any atom is 0.323 e. The highest BCUT2D eigenvalue weighted by Gasteiger charge is 2.31. The third kappa shape index (κ3) is 3.70. The van der Waals surface area contributed by atoms with Crippen LogP contribution in [0.5, 0.6) is 0 Å². The van der Waals surface area contributed by atoms with Crippen LogP contribution in [0.3, 0.4) is 0 Å². The Hall–Kier alpha value is -1.62. The third-order valence-corrected chi connectivity index (χ3v) is 3.56. The van der Waals surface area contributed by atoms with Crippen molar-refractivity contribution in [1.29, 1.82) is 0 Å². The lowest BCUT2D eigenvalue weighted by atomic mass is 10.2. The first kappa shape index (κ1) is 14.8. The summed E-state index contributed by atoms with van der Waals surface area (Å²) < 4.78 is 4.87. The Balaban J connectivity index is 2.00. The van der Waals surface area contributed by atoms with E-state index >= 15 is 0 Å². The Bertz CT molecular complexity index is 450. The molecule has 1 aromatic rings. The van der Waals surface area contributed by atoms with Gasteiger partial charge in [0, 0.05) is 13.1 Å². The molecule has 1 atom stereocenters. The van der Waals surface area contributed by atoms with Crippen LogP contribution in [0.15, 0.2) is 18.2 Å². The SMILES string of the molecule is CCCNc1cccc(CN2CCCC2C(=O)OC)n1. The second-order valence-electron chi connectivity index (χ2n) is 5.09. The van der Waals surface area contributed by atoms with Gasteiger partial charge in [-0.1, -0.05) is 13.0 Å². The molecule has 1 unspecified atom stereocenters. The topological polar surface area (TPSA) is 54.5 Å². The number of carbonyl (C=O) groups is 1. The van der Waals surface area contributed by atoms with E-state index in [1.807, 2.05) is 18.2 Å². The first-order valence-electron chi connectivity index (χ1n) is 7.26. The van der Waals surface area contributed by atoms with Crippen molar-refractivity contribution in [3.8, 4) is 0 Å². The van der Waals surface area contributed by atoms with Crippen molar-refractivity contribution in [3.05, 3.63) is 23.9 Å². The molecule has 5 nitrogen and oxygen atoms in total. The van der Waals surface area contributed by atoms with Crippen LogP contribution in [-0.2, 0) is 16.1 Å². The summed E-state index contributed by atoms with van der Waals surface area (Å²) in [5.74, 6) is 0.765. The Morgan fingerprint density at radius 1 is 1.55 bits per heavy atom. The Morgan fingerprint density at radius 2 is 2.40 bits per heavy atom. The number of hydrogen-bond acceptors (Lipinski definition) is 5. The summed E-state index contributed by atoms with van der Waals surface area (Å²) in [5, 5.41) is 3.28. The molecule has 1 saturated heterocycles. The van der Waals surface area contributed by atoms with Crippen molar-refractivity contribution in [3.63, 3.8) is 0 Å². The predicted octanol–water partition coefficient (Wildman–Crippen LogP) is 2.04. The highest BCUT2D eigenvalue weighted by molar-refractivity contribution is 5.75. The second-order valence-corrected chi connectivity index (χ2v) is 5.09. The molecule has 2 rings (SSSR count). The number of nitrogens with zero attached hydrogens (tertiary/aromatic N) is 2. The molecule has 1 aliphatic rings. The molecule has 0 aromatic carbocycles. The van der Waals surface area contributed by atoms with Gasteiger partial charge in [-0.15, -0.1) is 0 Å². The second kappa shape index (κ2) is 7.24. The summed E-state index contributed by atoms with van der Waals surface area (Å²) in [7, 11) is 1.45. The van der Waals surface area contributed by atoms with Gasteiger partial charge in [-0.3, -0.25) is 9.69 Å². The number of esters is 1. The molecule has 20 heavy (non-hydrogen) atoms. The Kier molecular flexibility index (Phi) is 5.35. The van der Waals surface area contributed by atoms with Crippen LogP contribution >= 0.6 is 0 Å². The zero-order valence-electron chi connectivity index (χ0n) is 12.3. The molecule has 0 saturated carbocycles. The minimum Gasteiger partial charge on any atom is -0.468 e. The van der Waals surface area contributed by atoms with Crippen molar-refractivity contribution in [2.24, 2.45) is 0 Å². The molecule has 0 spiro atoms. The zero-order chi connectivity index (χ0) is 14.4. The number of nitrogens with one attached hydrogen (secondary N) is 1. The van der Waals surface area contributed by atoms with Gasteiger partial charge in [-0.25, -0.2) is 4.98 Å². The normalized spacial score (nSPS) is 19.0. The lowest BCUT2D eigenvalue weighted by molar-refractivity contribution is -0.146. The number of pyridine rings is 1. The monoisotopic (exact) mass is 277 g/mol. The van der Waals surface area contributed by atoms with Crippen LogP contribution in [0.1, 0.15) is 31.9 Å². The van der Waals surface area contributed by atoms with Crippen LogP contribution in [0.25, 0.3) is 0 Å². The van der Waals surface area contributed by atoms with E-state index in [-0.39, 0.29) is 12.0 Å². The molecule has 110 valence electrons. The van der Waals surface area contributed by atoms with E-state index in [0.717, 1.165) is 43.9 Å². The van der Waals surface area contributed by atoms with E-state index < -0.39 is 0 Å². The molecule has 0 radical (unpaired) electrons. The molecule has 0 bridgehead atoms. The molecule has 2 heterocycles. The molecule has 1 aliphatic heterocycles. The number of hydrogen-bond donors (Lipinski definition) is 1. The van der Waals surface area contributed by atoms with Crippen molar-refractivity contribution in [2.45, 2.75) is 38.8 Å². The van der Waals surface area contributed by atoms with E-state index in [1.54, 1.807) is 0 Å². The number of aromatic nitrogens is 1. The smallest absolute Gasteiger partial charge is 0.323 e. The minimum absolute atomic E-state index is 0.117. The highest BCUT2D eigenvalue weighted by atomic mass is 16.5. The quantitative estimate of drug-likeness (QED) is 0.806. The fourth-order valence-electron chi connectivity index (χ4n) is 2.55. The zero-order valence-corrected chi connectivity index (χ0v) is 12.3. The van der Waals surface area contributed by atoms with E-state index in [9.17, 15) is 4.79 Å². The molecule has 1 aromatic heterocycles. The summed E-state index contributed by atoms with van der Waals surface area (Å²) in [6.07, 6.45) is 2.98. The lowest BCUT2D eigenvalue weighted by Gasteiger charge is -2.22. The third-order valence-electron chi connectivity index (χ3n) is 3.56. The molecule has 0 amide bonds. The standard InChI is InChI=1S/C15H23N3O2/c1-3-9-16-14-8-4-6-12(17-14)11-18-10-5-7-13(18)15(19)20-2/h4,6,8,13H,3,5,7,9-11H2,1-2H3,(H,16,17). The van der Waals surface area contributed by atoms with E-state index in [4.69, 9.17) is 4.74 Å². The average Bonchev–Trinajstić information content (AvgIpc) is 2.93. The minimum atomic E-state index is -0.136. The van der Waals surface area contributed by atoms with Gasteiger partial charge >= 0.3 is 5.97 Å². The first-order chi connectivity index (χ1) is 9.74. The van der Waals surface area contributed by atoms with Crippen LogP contribution in [0.4, 0.5) is 5.82 Å². The van der Waals surface area contributed by atoms with Gasteiger partial charge in [0.15, 0.2) is 0 Å². The van der Waals surface area contributed by atoms with Crippen molar-refractivity contribution in [2.75, 3.05) is 25.5 Å². The van der Waals surface area contributed by atoms with E-state index in [1.165, 1.54) is 7.11 Å². The first-order valence-corrected chi connectivity index (χ1v) is 7.26.